The van der Waals surface area contributed by atoms with Crippen LogP contribution in [0.4, 0.5) is 16.2 Å². The lowest BCUT2D eigenvalue weighted by Crippen LogP contribution is -2.50. The third kappa shape index (κ3) is 4.50. The van der Waals surface area contributed by atoms with Crippen LogP contribution in [-0.2, 0) is 6.42 Å². The maximum atomic E-state index is 12.6. The fraction of sp³-hybridized carbons (Fsp3) is 0.316. The van der Waals surface area contributed by atoms with E-state index >= 15 is 0 Å². The molecule has 1 heterocycles. The molecule has 1 fully saturated rings. The van der Waals surface area contributed by atoms with Crippen LogP contribution in [0.25, 0.3) is 0 Å². The topological polar surface area (TPSA) is 78.7 Å². The Morgan fingerprint density at radius 1 is 1.00 bits per heavy atom. The van der Waals surface area contributed by atoms with Crippen LogP contribution in [0.3, 0.4) is 0 Å². The first-order chi connectivity index (χ1) is 12.6. The molecule has 0 unspecified atom stereocenters. The molecule has 2 aromatic rings. The van der Waals surface area contributed by atoms with E-state index in [-0.39, 0.29) is 17.5 Å². The van der Waals surface area contributed by atoms with E-state index in [0.717, 1.165) is 24.3 Å². The van der Waals surface area contributed by atoms with Crippen LogP contribution < -0.4 is 10.2 Å². The van der Waals surface area contributed by atoms with Gasteiger partial charge in [0.2, 0.25) is 6.54 Å². The molecule has 0 saturated carbocycles. The molecule has 1 aliphatic rings. The number of piperazine rings is 1. The van der Waals surface area contributed by atoms with Crippen LogP contribution in [0.1, 0.15) is 5.56 Å². The lowest BCUT2D eigenvalue weighted by Gasteiger charge is -2.36. The molecule has 2 amide bonds. The lowest BCUT2D eigenvalue weighted by molar-refractivity contribution is -0.479. The molecule has 0 aliphatic carbocycles. The molecule has 7 heteroatoms. The number of benzene rings is 2. The minimum Gasteiger partial charge on any atom is -0.368 e. The molecule has 2 aromatic carbocycles. The first-order valence-corrected chi connectivity index (χ1v) is 8.69. The smallest absolute Gasteiger partial charge is 0.321 e. The van der Waals surface area contributed by atoms with Crippen molar-refractivity contribution in [1.82, 2.24) is 4.90 Å². The summed E-state index contributed by atoms with van der Waals surface area (Å²) in [5.41, 5.74) is 2.59. The van der Waals surface area contributed by atoms with Gasteiger partial charge in [-0.25, -0.2) is 4.79 Å². The number of nitro groups is 1. The summed E-state index contributed by atoms with van der Waals surface area (Å²) >= 11 is 0. The second-order valence-electron chi connectivity index (χ2n) is 6.20. The van der Waals surface area contributed by atoms with E-state index in [1.54, 1.807) is 11.0 Å². The lowest BCUT2D eigenvalue weighted by atomic mass is 10.1. The van der Waals surface area contributed by atoms with E-state index in [0.29, 0.717) is 25.2 Å². The van der Waals surface area contributed by atoms with Gasteiger partial charge in [-0.05, 0) is 23.8 Å². The summed E-state index contributed by atoms with van der Waals surface area (Å²) < 4.78 is 0. The summed E-state index contributed by atoms with van der Waals surface area (Å²) in [6.45, 7) is 2.68. The fourth-order valence-corrected chi connectivity index (χ4v) is 3.07. The minimum atomic E-state index is -0.346. The maximum Gasteiger partial charge on any atom is 0.321 e. The van der Waals surface area contributed by atoms with Crippen molar-refractivity contribution >= 4 is 17.4 Å². The number of amides is 2. The third-order valence-electron chi connectivity index (χ3n) is 4.51. The van der Waals surface area contributed by atoms with Crippen molar-refractivity contribution in [2.75, 3.05) is 42.9 Å². The highest BCUT2D eigenvalue weighted by atomic mass is 16.6. The van der Waals surface area contributed by atoms with Crippen molar-refractivity contribution in [3.8, 4) is 0 Å². The highest BCUT2D eigenvalue weighted by Crippen LogP contribution is 2.18. The molecule has 0 bridgehead atoms. The third-order valence-corrected chi connectivity index (χ3v) is 4.51. The second-order valence-corrected chi connectivity index (χ2v) is 6.20. The van der Waals surface area contributed by atoms with Crippen LogP contribution >= 0.6 is 0 Å². The predicted octanol–water partition coefficient (Wildman–Crippen LogP) is 2.86. The molecule has 0 radical (unpaired) electrons. The molecule has 26 heavy (non-hydrogen) atoms. The first-order valence-electron chi connectivity index (χ1n) is 8.69. The van der Waals surface area contributed by atoms with Gasteiger partial charge in [0, 0.05) is 48.9 Å². The number of para-hydroxylation sites is 2. The number of anilines is 2. The Labute approximate surface area is 152 Å². The van der Waals surface area contributed by atoms with Crippen LogP contribution in [0, 0.1) is 10.1 Å². The van der Waals surface area contributed by atoms with Gasteiger partial charge in [-0.2, -0.15) is 0 Å². The fourth-order valence-electron chi connectivity index (χ4n) is 3.07. The number of hydrogen-bond acceptors (Lipinski definition) is 4. The SMILES string of the molecule is O=C(Nc1ccccc1CC[N+](=O)[O-])N1CCN(c2ccccc2)CC1. The molecule has 0 spiro atoms. The monoisotopic (exact) mass is 354 g/mol. The van der Waals surface area contributed by atoms with Gasteiger partial charge >= 0.3 is 6.03 Å². The predicted molar refractivity (Wildman–Crippen MR) is 101 cm³/mol. The van der Waals surface area contributed by atoms with Crippen molar-refractivity contribution in [3.63, 3.8) is 0 Å². The van der Waals surface area contributed by atoms with Gasteiger partial charge in [0.25, 0.3) is 0 Å². The van der Waals surface area contributed by atoms with Crippen LogP contribution in [-0.4, -0.2) is 48.6 Å². The van der Waals surface area contributed by atoms with Gasteiger partial charge in [0.15, 0.2) is 0 Å². The van der Waals surface area contributed by atoms with Gasteiger partial charge in [0.05, 0.1) is 0 Å². The largest absolute Gasteiger partial charge is 0.368 e. The number of carbonyl (C=O) groups is 1. The average Bonchev–Trinajstić information content (AvgIpc) is 2.68. The molecule has 1 N–H and O–H groups in total. The molecule has 0 aromatic heterocycles. The molecular formula is C19H22N4O3. The van der Waals surface area contributed by atoms with Gasteiger partial charge in [-0.3, -0.25) is 10.1 Å². The van der Waals surface area contributed by atoms with Crippen LogP contribution in [0.15, 0.2) is 54.6 Å². The molecule has 7 nitrogen and oxygen atoms in total. The quantitative estimate of drug-likeness (QED) is 0.661. The van der Waals surface area contributed by atoms with E-state index in [9.17, 15) is 14.9 Å². The summed E-state index contributed by atoms with van der Waals surface area (Å²) in [5, 5.41) is 13.5. The van der Waals surface area contributed by atoms with E-state index < -0.39 is 0 Å². The normalized spacial score (nSPS) is 14.2. The number of hydrogen-bond donors (Lipinski definition) is 1. The van der Waals surface area contributed by atoms with Crippen molar-refractivity contribution in [3.05, 3.63) is 70.3 Å². The van der Waals surface area contributed by atoms with Crippen LogP contribution in [0.5, 0.6) is 0 Å². The van der Waals surface area contributed by atoms with Crippen molar-refractivity contribution in [1.29, 1.82) is 0 Å². The molecule has 3 rings (SSSR count). The van der Waals surface area contributed by atoms with E-state index in [1.807, 2.05) is 36.4 Å². The van der Waals surface area contributed by atoms with E-state index in [1.165, 1.54) is 0 Å². The van der Waals surface area contributed by atoms with Crippen LogP contribution in [0.2, 0.25) is 0 Å². The number of carbonyl (C=O) groups excluding carboxylic acids is 1. The van der Waals surface area contributed by atoms with Crippen molar-refractivity contribution < 1.29 is 9.72 Å². The number of nitrogens with one attached hydrogen (secondary N) is 1. The zero-order chi connectivity index (χ0) is 18.4. The summed E-state index contributed by atoms with van der Waals surface area (Å²) in [4.78, 5) is 26.9. The molecule has 1 saturated heterocycles. The Kier molecular flexibility index (Phi) is 5.68. The molecule has 136 valence electrons. The number of nitrogens with zero attached hydrogens (tertiary/aromatic N) is 3. The first kappa shape index (κ1) is 17.7. The van der Waals surface area contributed by atoms with E-state index in [2.05, 4.69) is 22.3 Å². The minimum absolute atomic E-state index is 0.150. The summed E-state index contributed by atoms with van der Waals surface area (Å²) in [6.07, 6.45) is 0.297. The molecule has 0 atom stereocenters. The Hall–Kier alpha value is -3.09. The Morgan fingerprint density at radius 3 is 2.35 bits per heavy atom. The maximum absolute atomic E-state index is 12.6. The Morgan fingerprint density at radius 2 is 1.65 bits per heavy atom. The zero-order valence-corrected chi connectivity index (χ0v) is 14.5. The standard InChI is InChI=1S/C19H22N4O3/c24-19(20-18-9-5-4-6-16(18)10-11-23(25)26)22-14-12-21(13-15-22)17-7-2-1-3-8-17/h1-9H,10-15H2,(H,20,24). The van der Waals surface area contributed by atoms with Crippen molar-refractivity contribution in [2.24, 2.45) is 0 Å². The number of rotatable bonds is 5. The molecular weight excluding hydrogens is 332 g/mol. The number of urea groups is 1. The van der Waals surface area contributed by atoms with E-state index in [4.69, 9.17) is 0 Å². The van der Waals surface area contributed by atoms with Gasteiger partial charge < -0.3 is 15.1 Å². The summed E-state index contributed by atoms with van der Waals surface area (Å²) in [7, 11) is 0. The van der Waals surface area contributed by atoms with Gasteiger partial charge in [-0.15, -0.1) is 0 Å². The Bertz CT molecular complexity index is 758. The average molecular weight is 354 g/mol. The highest BCUT2D eigenvalue weighted by molar-refractivity contribution is 5.90. The zero-order valence-electron chi connectivity index (χ0n) is 14.5. The Balaban J connectivity index is 1.57. The highest BCUT2D eigenvalue weighted by Gasteiger charge is 2.21. The van der Waals surface area contributed by atoms with Crippen molar-refractivity contribution in [2.45, 2.75) is 6.42 Å². The van der Waals surface area contributed by atoms with Gasteiger partial charge in [-0.1, -0.05) is 36.4 Å². The molecule has 1 aliphatic heterocycles. The second kappa shape index (κ2) is 8.33. The summed E-state index contributed by atoms with van der Waals surface area (Å²) in [5.74, 6) is 0. The van der Waals surface area contributed by atoms with Gasteiger partial charge in [0.1, 0.15) is 0 Å². The summed E-state index contributed by atoms with van der Waals surface area (Å²) in [6, 6.07) is 17.2.